The van der Waals surface area contributed by atoms with Gasteiger partial charge in [-0.3, -0.25) is 4.79 Å². The first-order valence-electron chi connectivity index (χ1n) is 8.64. The number of ketones is 1. The summed E-state index contributed by atoms with van der Waals surface area (Å²) < 4.78 is 0. The van der Waals surface area contributed by atoms with Gasteiger partial charge in [-0.05, 0) is 51.3 Å². The highest BCUT2D eigenvalue weighted by Gasteiger charge is 2.28. The normalized spacial score (nSPS) is 13.5. The van der Waals surface area contributed by atoms with Gasteiger partial charge in [0.25, 0.3) is 0 Å². The highest BCUT2D eigenvalue weighted by Crippen LogP contribution is 2.46. The van der Waals surface area contributed by atoms with E-state index < -0.39 is 0 Å². The molecule has 4 aromatic rings. The van der Waals surface area contributed by atoms with Crippen LogP contribution in [0.4, 0.5) is 0 Å². The van der Waals surface area contributed by atoms with Crippen LogP contribution in [-0.4, -0.2) is 5.78 Å². The number of hydrogen-bond acceptors (Lipinski definition) is 1. The minimum absolute atomic E-state index is 0.144. The molecule has 6 rings (SSSR count). The van der Waals surface area contributed by atoms with Crippen LogP contribution in [0.2, 0.25) is 0 Å². The third kappa shape index (κ3) is 1.56. The van der Waals surface area contributed by atoms with E-state index in [9.17, 15) is 4.79 Å². The van der Waals surface area contributed by atoms with Gasteiger partial charge in [0.1, 0.15) is 0 Å². The molecule has 116 valence electrons. The molecule has 0 fully saturated rings. The maximum absolute atomic E-state index is 13.1. The minimum Gasteiger partial charge on any atom is -0.289 e. The smallest absolute Gasteiger partial charge is 0.194 e. The van der Waals surface area contributed by atoms with Crippen LogP contribution in [-0.2, 0) is 6.42 Å². The lowest BCUT2D eigenvalue weighted by atomic mass is 9.76. The molecule has 0 saturated carbocycles. The Morgan fingerprint density at radius 1 is 0.480 bits per heavy atom. The Morgan fingerprint density at radius 2 is 1.12 bits per heavy atom. The molecule has 1 nitrogen and oxygen atoms in total. The highest BCUT2D eigenvalue weighted by molar-refractivity contribution is 6.28. The molecule has 4 aromatic carbocycles. The zero-order valence-electron chi connectivity index (χ0n) is 13.5. The van der Waals surface area contributed by atoms with Gasteiger partial charge in [0.15, 0.2) is 5.78 Å². The van der Waals surface area contributed by atoms with Crippen LogP contribution in [0.15, 0.2) is 72.8 Å². The average molecular weight is 318 g/mol. The van der Waals surface area contributed by atoms with Crippen LogP contribution < -0.4 is 0 Å². The fraction of sp³-hybridized carbons (Fsp3) is 0.0417. The van der Waals surface area contributed by atoms with Crippen molar-refractivity contribution in [2.24, 2.45) is 0 Å². The summed E-state index contributed by atoms with van der Waals surface area (Å²) in [5.74, 6) is 0.144. The average Bonchev–Trinajstić information content (AvgIpc) is 2.67. The molecule has 0 spiro atoms. The van der Waals surface area contributed by atoms with Gasteiger partial charge in [0.2, 0.25) is 0 Å². The predicted molar refractivity (Wildman–Crippen MR) is 101 cm³/mol. The molecule has 0 N–H and O–H groups in total. The van der Waals surface area contributed by atoms with Crippen molar-refractivity contribution < 1.29 is 4.79 Å². The third-order valence-corrected chi connectivity index (χ3v) is 5.64. The van der Waals surface area contributed by atoms with E-state index in [4.69, 9.17) is 0 Å². The van der Waals surface area contributed by atoms with E-state index in [-0.39, 0.29) is 5.78 Å². The number of carbonyl (C=O) groups excluding carboxylic acids is 1. The van der Waals surface area contributed by atoms with Crippen LogP contribution in [0.3, 0.4) is 0 Å². The van der Waals surface area contributed by atoms with Crippen molar-refractivity contribution in [3.63, 3.8) is 0 Å². The van der Waals surface area contributed by atoms with Crippen LogP contribution in [0.5, 0.6) is 0 Å². The van der Waals surface area contributed by atoms with Crippen LogP contribution in [0.1, 0.15) is 27.0 Å². The number of rotatable bonds is 0. The Morgan fingerprint density at radius 3 is 2.00 bits per heavy atom. The van der Waals surface area contributed by atoms with Crippen molar-refractivity contribution in [1.82, 2.24) is 0 Å². The second-order valence-corrected chi connectivity index (χ2v) is 6.89. The van der Waals surface area contributed by atoms with Crippen LogP contribution in [0.25, 0.3) is 33.0 Å². The van der Waals surface area contributed by atoms with E-state index in [1.54, 1.807) is 0 Å². The van der Waals surface area contributed by atoms with Crippen molar-refractivity contribution >= 4 is 16.6 Å². The maximum atomic E-state index is 13.1. The van der Waals surface area contributed by atoms with Crippen molar-refractivity contribution in [3.8, 4) is 22.3 Å². The van der Waals surface area contributed by atoms with Gasteiger partial charge in [-0.2, -0.15) is 0 Å². The summed E-state index contributed by atoms with van der Waals surface area (Å²) in [5, 5.41) is 2.39. The first kappa shape index (κ1) is 13.1. The Hall–Kier alpha value is -3.19. The Bertz CT molecular complexity index is 1230. The van der Waals surface area contributed by atoms with Crippen molar-refractivity contribution in [2.45, 2.75) is 6.42 Å². The summed E-state index contributed by atoms with van der Waals surface area (Å²) in [6.45, 7) is 0. The van der Waals surface area contributed by atoms with E-state index >= 15 is 0 Å². The molecule has 0 aliphatic heterocycles. The second-order valence-electron chi connectivity index (χ2n) is 6.89. The number of benzene rings is 4. The minimum atomic E-state index is 0.144. The van der Waals surface area contributed by atoms with Gasteiger partial charge in [-0.1, -0.05) is 66.7 Å². The molecule has 0 bridgehead atoms. The first-order valence-corrected chi connectivity index (χ1v) is 8.64. The standard InChI is InChI=1S/C24H14O/c25-24-20-8-4-3-7-17(20)19-10-9-15-13-14-5-1-2-6-16(14)18-11-12-21(24)23(19)22(15)18/h1-12H,13H2. The number of carbonyl (C=O) groups is 1. The molecule has 0 unspecified atom stereocenters. The molecule has 0 heterocycles. The molecular weight excluding hydrogens is 304 g/mol. The zero-order chi connectivity index (χ0) is 16.5. The summed E-state index contributed by atoms with van der Waals surface area (Å²) in [5.41, 5.74) is 9.13. The van der Waals surface area contributed by atoms with E-state index in [0.29, 0.717) is 0 Å². The third-order valence-electron chi connectivity index (χ3n) is 5.64. The van der Waals surface area contributed by atoms with Gasteiger partial charge in [0, 0.05) is 16.5 Å². The van der Waals surface area contributed by atoms with Crippen molar-refractivity contribution in [3.05, 3.63) is 95.1 Å². The molecule has 25 heavy (non-hydrogen) atoms. The highest BCUT2D eigenvalue weighted by atomic mass is 16.1. The topological polar surface area (TPSA) is 17.1 Å². The van der Waals surface area contributed by atoms with E-state index in [2.05, 4.69) is 48.5 Å². The summed E-state index contributed by atoms with van der Waals surface area (Å²) in [6.07, 6.45) is 0.930. The SMILES string of the molecule is O=C1c2ccccc2-c2ccc3c4c(ccc1c24)-c1ccccc1C3. The summed E-state index contributed by atoms with van der Waals surface area (Å²) in [6, 6.07) is 25.2. The Balaban J connectivity index is 1.83. The lowest BCUT2D eigenvalue weighted by Gasteiger charge is -2.26. The summed E-state index contributed by atoms with van der Waals surface area (Å²) >= 11 is 0. The first-order chi connectivity index (χ1) is 12.3. The summed E-state index contributed by atoms with van der Waals surface area (Å²) in [4.78, 5) is 13.1. The number of fused-ring (bicyclic) bond motifs is 4. The Kier molecular flexibility index (Phi) is 2.34. The van der Waals surface area contributed by atoms with Crippen molar-refractivity contribution in [1.29, 1.82) is 0 Å². The molecule has 0 atom stereocenters. The fourth-order valence-electron chi connectivity index (χ4n) is 4.56. The Labute approximate surface area is 145 Å². The van der Waals surface area contributed by atoms with Gasteiger partial charge in [-0.25, -0.2) is 0 Å². The quantitative estimate of drug-likeness (QED) is 0.355. The van der Waals surface area contributed by atoms with Gasteiger partial charge < -0.3 is 0 Å². The largest absolute Gasteiger partial charge is 0.289 e. The van der Waals surface area contributed by atoms with Crippen molar-refractivity contribution in [2.75, 3.05) is 0 Å². The van der Waals surface area contributed by atoms with E-state index in [1.807, 2.05) is 24.3 Å². The fourth-order valence-corrected chi connectivity index (χ4v) is 4.56. The molecule has 0 saturated heterocycles. The van der Waals surface area contributed by atoms with Gasteiger partial charge in [-0.15, -0.1) is 0 Å². The molecule has 2 aliphatic carbocycles. The second kappa shape index (κ2) is 4.46. The zero-order valence-corrected chi connectivity index (χ0v) is 13.5. The molecule has 0 radical (unpaired) electrons. The molecular formula is C24H14O. The monoisotopic (exact) mass is 318 g/mol. The maximum Gasteiger partial charge on any atom is 0.194 e. The molecule has 0 amide bonds. The predicted octanol–water partition coefficient (Wildman–Crippen LogP) is 5.62. The lowest BCUT2D eigenvalue weighted by molar-refractivity contribution is 0.104. The molecule has 0 aromatic heterocycles. The van der Waals surface area contributed by atoms with Gasteiger partial charge >= 0.3 is 0 Å². The van der Waals surface area contributed by atoms with Crippen LogP contribution in [0, 0.1) is 0 Å². The molecule has 2 aliphatic rings. The van der Waals surface area contributed by atoms with E-state index in [1.165, 1.54) is 33.2 Å². The lowest BCUT2D eigenvalue weighted by Crippen LogP contribution is -2.12. The van der Waals surface area contributed by atoms with Crippen LogP contribution >= 0.6 is 0 Å². The number of hydrogen-bond donors (Lipinski definition) is 0. The van der Waals surface area contributed by atoms with Gasteiger partial charge in [0.05, 0.1) is 0 Å². The summed E-state index contributed by atoms with van der Waals surface area (Å²) in [7, 11) is 0. The molecule has 1 heteroatoms. The van der Waals surface area contributed by atoms with E-state index in [0.717, 1.165) is 28.5 Å².